The highest BCUT2D eigenvalue weighted by Gasteiger charge is 2.30. The third-order valence-corrected chi connectivity index (χ3v) is 4.58. The molecule has 0 aliphatic heterocycles. The number of nitrogens with zero attached hydrogens (tertiary/aromatic N) is 2. The lowest BCUT2D eigenvalue weighted by molar-refractivity contribution is 0.194. The van der Waals surface area contributed by atoms with Crippen LogP contribution in [0.4, 0.5) is 5.82 Å². The number of aromatic nitrogens is 1. The van der Waals surface area contributed by atoms with Crippen molar-refractivity contribution < 1.29 is 0 Å². The van der Waals surface area contributed by atoms with Crippen molar-refractivity contribution in [3.63, 3.8) is 0 Å². The van der Waals surface area contributed by atoms with E-state index in [4.69, 9.17) is 5.73 Å². The molecule has 3 heteroatoms. The Hall–Kier alpha value is -1.43. The van der Waals surface area contributed by atoms with E-state index in [1.807, 2.05) is 6.92 Å². The molecule has 1 saturated carbocycles. The van der Waals surface area contributed by atoms with Crippen LogP contribution in [-0.4, -0.2) is 4.57 Å². The van der Waals surface area contributed by atoms with Crippen LogP contribution >= 0.6 is 0 Å². The minimum absolute atomic E-state index is 0.458. The number of hydrogen-bond donors (Lipinski definition) is 1. The molecule has 1 heterocycles. The highest BCUT2D eigenvalue weighted by molar-refractivity contribution is 5.58. The number of rotatable bonds is 1. The minimum Gasteiger partial charge on any atom is -0.384 e. The number of nitrogens with two attached hydrogens (primary N) is 1. The fourth-order valence-electron chi connectivity index (χ4n) is 3.11. The zero-order chi connectivity index (χ0) is 13.5. The summed E-state index contributed by atoms with van der Waals surface area (Å²) in [6.45, 7) is 8.74. The number of nitrogen functional groups attached to an aromatic ring is 1. The summed E-state index contributed by atoms with van der Waals surface area (Å²) >= 11 is 0. The molecule has 98 valence electrons. The molecule has 0 bridgehead atoms. The van der Waals surface area contributed by atoms with Gasteiger partial charge in [-0.15, -0.1) is 0 Å². The largest absolute Gasteiger partial charge is 0.384 e. The van der Waals surface area contributed by atoms with Gasteiger partial charge in [0, 0.05) is 11.7 Å². The van der Waals surface area contributed by atoms with E-state index in [1.165, 1.54) is 12.8 Å². The maximum Gasteiger partial charge on any atom is 0.122 e. The Kier molecular flexibility index (Phi) is 3.14. The van der Waals surface area contributed by atoms with Crippen molar-refractivity contribution >= 4 is 5.82 Å². The first-order valence-electron chi connectivity index (χ1n) is 6.74. The van der Waals surface area contributed by atoms with Gasteiger partial charge in [-0.2, -0.15) is 5.26 Å². The monoisotopic (exact) mass is 245 g/mol. The van der Waals surface area contributed by atoms with Crippen LogP contribution in [0.25, 0.3) is 0 Å². The fraction of sp³-hybridized carbons (Fsp3) is 0.667. The maximum absolute atomic E-state index is 9.18. The topological polar surface area (TPSA) is 54.7 Å². The molecule has 1 aromatic heterocycles. The summed E-state index contributed by atoms with van der Waals surface area (Å²) in [7, 11) is 0. The van der Waals surface area contributed by atoms with Crippen molar-refractivity contribution in [3.8, 4) is 6.07 Å². The summed E-state index contributed by atoms with van der Waals surface area (Å²) in [5, 5.41) is 9.18. The molecule has 3 nitrogen and oxygen atoms in total. The number of nitriles is 1. The lowest BCUT2D eigenvalue weighted by atomic mass is 9.75. The first-order valence-corrected chi connectivity index (χ1v) is 6.74. The van der Waals surface area contributed by atoms with Crippen molar-refractivity contribution in [1.82, 2.24) is 4.57 Å². The second-order valence-corrected chi connectivity index (χ2v) is 6.35. The molecule has 1 aliphatic carbocycles. The van der Waals surface area contributed by atoms with Crippen LogP contribution in [0.3, 0.4) is 0 Å². The lowest BCUT2D eigenvalue weighted by Crippen LogP contribution is -2.24. The molecule has 2 rings (SSSR count). The molecular formula is C15H23N3. The van der Waals surface area contributed by atoms with Crippen LogP contribution in [-0.2, 0) is 0 Å². The fourth-order valence-corrected chi connectivity index (χ4v) is 3.11. The third kappa shape index (κ3) is 2.01. The van der Waals surface area contributed by atoms with E-state index < -0.39 is 0 Å². The first kappa shape index (κ1) is 13.0. The average molecular weight is 245 g/mol. The molecule has 0 atom stereocenters. The van der Waals surface area contributed by atoms with Gasteiger partial charge in [-0.3, -0.25) is 0 Å². The maximum atomic E-state index is 9.18. The number of hydrogen-bond acceptors (Lipinski definition) is 2. The van der Waals surface area contributed by atoms with Gasteiger partial charge >= 0.3 is 0 Å². The summed E-state index contributed by atoms with van der Waals surface area (Å²) < 4.78 is 2.20. The van der Waals surface area contributed by atoms with E-state index in [-0.39, 0.29) is 0 Å². The first-order chi connectivity index (χ1) is 8.37. The predicted octanol–water partition coefficient (Wildman–Crippen LogP) is 3.70. The van der Waals surface area contributed by atoms with Gasteiger partial charge < -0.3 is 10.3 Å². The van der Waals surface area contributed by atoms with Crippen LogP contribution in [0.15, 0.2) is 0 Å². The minimum atomic E-state index is 0.458. The van der Waals surface area contributed by atoms with Gasteiger partial charge in [-0.25, -0.2) is 0 Å². The molecule has 0 saturated heterocycles. The average Bonchev–Trinajstić information content (AvgIpc) is 2.52. The van der Waals surface area contributed by atoms with Crippen molar-refractivity contribution in [2.24, 2.45) is 5.41 Å². The Morgan fingerprint density at radius 1 is 1.28 bits per heavy atom. The van der Waals surface area contributed by atoms with Gasteiger partial charge in [-0.1, -0.05) is 13.8 Å². The molecule has 1 aliphatic rings. The summed E-state index contributed by atoms with van der Waals surface area (Å²) in [5.41, 5.74) is 9.48. The van der Waals surface area contributed by atoms with Gasteiger partial charge in [-0.05, 0) is 50.5 Å². The Balaban J connectivity index is 2.34. The van der Waals surface area contributed by atoms with Gasteiger partial charge in [0.1, 0.15) is 11.9 Å². The standard InChI is InChI=1S/C15H23N3/c1-10-11(2)18(14(17)13(10)9-16)12-5-7-15(3,4)8-6-12/h12H,5-8,17H2,1-4H3. The van der Waals surface area contributed by atoms with E-state index in [2.05, 4.69) is 31.4 Å². The van der Waals surface area contributed by atoms with Crippen molar-refractivity contribution in [2.75, 3.05) is 5.73 Å². The molecule has 1 fully saturated rings. The molecule has 0 amide bonds. The van der Waals surface area contributed by atoms with E-state index in [9.17, 15) is 5.26 Å². The van der Waals surface area contributed by atoms with Gasteiger partial charge in [0.15, 0.2) is 0 Å². The van der Waals surface area contributed by atoms with Gasteiger partial charge in [0.05, 0.1) is 5.56 Å². The molecule has 1 aromatic rings. The summed E-state index contributed by atoms with van der Waals surface area (Å²) in [6, 6.07) is 2.71. The molecule has 2 N–H and O–H groups in total. The quantitative estimate of drug-likeness (QED) is 0.820. The molecule has 0 radical (unpaired) electrons. The van der Waals surface area contributed by atoms with E-state index >= 15 is 0 Å². The molecule has 0 spiro atoms. The Morgan fingerprint density at radius 3 is 2.28 bits per heavy atom. The van der Waals surface area contributed by atoms with E-state index in [1.54, 1.807) is 0 Å². The van der Waals surface area contributed by atoms with Gasteiger partial charge in [0.25, 0.3) is 0 Å². The smallest absolute Gasteiger partial charge is 0.122 e. The molecule has 0 unspecified atom stereocenters. The number of anilines is 1. The van der Waals surface area contributed by atoms with Crippen molar-refractivity contribution in [2.45, 2.75) is 59.4 Å². The zero-order valence-electron chi connectivity index (χ0n) is 11.9. The highest BCUT2D eigenvalue weighted by Crippen LogP contribution is 2.42. The van der Waals surface area contributed by atoms with Gasteiger partial charge in [0.2, 0.25) is 0 Å². The van der Waals surface area contributed by atoms with Crippen LogP contribution in [0.2, 0.25) is 0 Å². The summed E-state index contributed by atoms with van der Waals surface area (Å²) in [5.74, 6) is 0.664. The molecule has 0 aromatic carbocycles. The summed E-state index contributed by atoms with van der Waals surface area (Å²) in [6.07, 6.45) is 4.79. The lowest BCUT2D eigenvalue weighted by Gasteiger charge is -2.36. The van der Waals surface area contributed by atoms with Crippen molar-refractivity contribution in [1.29, 1.82) is 5.26 Å². The normalized spacial score (nSPS) is 19.7. The molecule has 18 heavy (non-hydrogen) atoms. The highest BCUT2D eigenvalue weighted by atomic mass is 15.1. The Labute approximate surface area is 110 Å². The van der Waals surface area contributed by atoms with Crippen LogP contribution in [0, 0.1) is 30.6 Å². The third-order valence-electron chi connectivity index (χ3n) is 4.58. The van der Waals surface area contributed by atoms with Crippen LogP contribution in [0.5, 0.6) is 0 Å². The van der Waals surface area contributed by atoms with E-state index in [0.717, 1.165) is 24.1 Å². The zero-order valence-corrected chi connectivity index (χ0v) is 11.9. The van der Waals surface area contributed by atoms with Crippen LogP contribution < -0.4 is 5.73 Å². The Bertz CT molecular complexity index is 493. The summed E-state index contributed by atoms with van der Waals surface area (Å²) in [4.78, 5) is 0. The van der Waals surface area contributed by atoms with Crippen molar-refractivity contribution in [3.05, 3.63) is 16.8 Å². The SMILES string of the molecule is Cc1c(C#N)c(N)n(C2CCC(C)(C)CC2)c1C. The molecular weight excluding hydrogens is 222 g/mol. The second-order valence-electron chi connectivity index (χ2n) is 6.35. The Morgan fingerprint density at radius 2 is 1.83 bits per heavy atom. The second kappa shape index (κ2) is 4.35. The predicted molar refractivity (Wildman–Crippen MR) is 74.3 cm³/mol. The van der Waals surface area contributed by atoms with Crippen LogP contribution in [0.1, 0.15) is 62.4 Å². The van der Waals surface area contributed by atoms with E-state index in [0.29, 0.717) is 22.8 Å².